The zero-order valence-corrected chi connectivity index (χ0v) is 31.2. The molecule has 1 aromatic heterocycles. The second-order valence-corrected chi connectivity index (χ2v) is 14.1. The molecule has 0 aliphatic carbocycles. The second-order valence-electron chi connectivity index (χ2n) is 14.1. The molecule has 3 aromatic rings. The lowest BCUT2D eigenvalue weighted by Crippen LogP contribution is -2.49. The lowest BCUT2D eigenvalue weighted by Gasteiger charge is -2.33. The number of nitrogens with zero attached hydrogens (tertiary/aromatic N) is 5. The predicted octanol–water partition coefficient (Wildman–Crippen LogP) is 4.79. The topological polar surface area (TPSA) is 174 Å². The average molecular weight is 790 g/mol. The van der Waals surface area contributed by atoms with Crippen LogP contribution in [-0.2, 0) is 20.6 Å². The minimum atomic E-state index is -4.64. The maximum Gasteiger partial charge on any atom is 0.417 e. The third-order valence-electron chi connectivity index (χ3n) is 10.4. The summed E-state index contributed by atoms with van der Waals surface area (Å²) in [6.07, 6.45) is 0.0977. The standard InChI is InChI=1S/C40H42F3N7O7/c1-2-3-34(37(53)46-24-51)50-38(54)31-8-6-29(21-32(31)39(50)55)57-28-12-14-48(15-13-28)18-19-56-30-7-9-35(45-23-30)47-36(52)25-10-16-49(17-11-25)27-5-4-26(22-44)33(20-27)40(41,42)43/h4-9,20-21,23-25,28,34H,2-3,10-19H2,1H3,(H,45,47,52)(H,46,51,53). The quantitative estimate of drug-likeness (QED) is 0.170. The van der Waals surface area contributed by atoms with Gasteiger partial charge in [-0.15, -0.1) is 0 Å². The van der Waals surface area contributed by atoms with Crippen LogP contribution in [0.15, 0.2) is 54.7 Å². The molecule has 0 bridgehead atoms. The number of benzene rings is 2. The van der Waals surface area contributed by atoms with E-state index in [1.165, 1.54) is 30.5 Å². The number of anilines is 2. The molecule has 57 heavy (non-hydrogen) atoms. The summed E-state index contributed by atoms with van der Waals surface area (Å²) in [5.41, 5.74) is -0.697. The highest BCUT2D eigenvalue weighted by atomic mass is 19.4. The number of halogens is 3. The van der Waals surface area contributed by atoms with Gasteiger partial charge in [0, 0.05) is 44.3 Å². The van der Waals surface area contributed by atoms with Crippen LogP contribution < -0.4 is 25.0 Å². The molecule has 2 N–H and O–H groups in total. The molecule has 2 fully saturated rings. The van der Waals surface area contributed by atoms with Crippen LogP contribution in [0.1, 0.15) is 77.3 Å². The maximum absolute atomic E-state index is 13.4. The van der Waals surface area contributed by atoms with Gasteiger partial charge in [-0.25, -0.2) is 4.98 Å². The van der Waals surface area contributed by atoms with Crippen LogP contribution in [0.2, 0.25) is 0 Å². The summed E-state index contributed by atoms with van der Waals surface area (Å²) >= 11 is 0. The Kier molecular flexibility index (Phi) is 12.7. The number of carbonyl (C=O) groups excluding carboxylic acids is 5. The van der Waals surface area contributed by atoms with E-state index in [0.29, 0.717) is 68.5 Å². The molecule has 4 heterocycles. The minimum Gasteiger partial charge on any atom is -0.491 e. The fourth-order valence-corrected chi connectivity index (χ4v) is 7.36. The van der Waals surface area contributed by atoms with Gasteiger partial charge in [0.1, 0.15) is 36.1 Å². The minimum absolute atomic E-state index is 0.108. The van der Waals surface area contributed by atoms with Crippen LogP contribution in [0.3, 0.4) is 0 Å². The number of aromatic nitrogens is 1. The molecule has 14 nitrogen and oxygen atoms in total. The largest absolute Gasteiger partial charge is 0.491 e. The summed E-state index contributed by atoms with van der Waals surface area (Å²) in [7, 11) is 0. The highest BCUT2D eigenvalue weighted by Crippen LogP contribution is 2.36. The molecular weight excluding hydrogens is 747 g/mol. The van der Waals surface area contributed by atoms with Crippen LogP contribution >= 0.6 is 0 Å². The van der Waals surface area contributed by atoms with Gasteiger partial charge >= 0.3 is 6.18 Å². The van der Waals surface area contributed by atoms with Gasteiger partial charge in [-0.05, 0) is 80.6 Å². The van der Waals surface area contributed by atoms with E-state index in [2.05, 4.69) is 15.2 Å². The van der Waals surface area contributed by atoms with Crippen molar-refractivity contribution in [2.45, 2.75) is 63.8 Å². The summed E-state index contributed by atoms with van der Waals surface area (Å²) in [5, 5.41) is 13.9. The van der Waals surface area contributed by atoms with E-state index in [9.17, 15) is 37.1 Å². The van der Waals surface area contributed by atoms with Crippen LogP contribution in [0.5, 0.6) is 11.5 Å². The molecule has 1 unspecified atom stereocenters. The van der Waals surface area contributed by atoms with E-state index in [1.807, 2.05) is 12.2 Å². The van der Waals surface area contributed by atoms with Crippen molar-refractivity contribution in [3.8, 4) is 17.6 Å². The molecule has 17 heteroatoms. The number of hydrogen-bond acceptors (Lipinski definition) is 11. The Labute approximate surface area is 326 Å². The first-order valence-corrected chi connectivity index (χ1v) is 18.8. The Morgan fingerprint density at radius 3 is 2.35 bits per heavy atom. The van der Waals surface area contributed by atoms with Crippen molar-refractivity contribution in [1.29, 1.82) is 5.26 Å². The van der Waals surface area contributed by atoms with E-state index in [4.69, 9.17) is 14.7 Å². The average Bonchev–Trinajstić information content (AvgIpc) is 3.45. The normalized spacial score (nSPS) is 17.1. The van der Waals surface area contributed by atoms with Crippen LogP contribution in [0, 0.1) is 17.2 Å². The van der Waals surface area contributed by atoms with Crippen LogP contribution in [0.4, 0.5) is 24.7 Å². The second kappa shape index (κ2) is 17.8. The summed E-state index contributed by atoms with van der Waals surface area (Å²) in [4.78, 5) is 71.8. The smallest absolute Gasteiger partial charge is 0.417 e. The van der Waals surface area contributed by atoms with Gasteiger partial charge in [0.25, 0.3) is 11.8 Å². The number of piperidine rings is 2. The van der Waals surface area contributed by atoms with Gasteiger partial charge < -0.3 is 19.7 Å². The zero-order chi connectivity index (χ0) is 40.7. The highest BCUT2D eigenvalue weighted by Gasteiger charge is 2.43. The molecule has 0 radical (unpaired) electrons. The summed E-state index contributed by atoms with van der Waals surface area (Å²) < 4.78 is 52.3. The van der Waals surface area contributed by atoms with Gasteiger partial charge in [0.05, 0.1) is 34.5 Å². The number of carbonyl (C=O) groups is 5. The Bertz CT molecular complexity index is 2020. The van der Waals surface area contributed by atoms with E-state index < -0.39 is 41.1 Å². The molecule has 2 aromatic carbocycles. The first-order chi connectivity index (χ1) is 27.4. The molecule has 3 aliphatic heterocycles. The third-order valence-corrected chi connectivity index (χ3v) is 10.4. The summed E-state index contributed by atoms with van der Waals surface area (Å²) in [6.45, 7) is 5.15. The van der Waals surface area contributed by atoms with Crippen molar-refractivity contribution in [3.63, 3.8) is 0 Å². The fourth-order valence-electron chi connectivity index (χ4n) is 7.36. The number of nitriles is 1. The Hall–Kier alpha value is -6.02. The number of fused-ring (bicyclic) bond motifs is 1. The van der Waals surface area contributed by atoms with Gasteiger partial charge in [-0.1, -0.05) is 13.3 Å². The fraction of sp³-hybridized carbons (Fsp3) is 0.425. The first-order valence-electron chi connectivity index (χ1n) is 18.8. The van der Waals surface area contributed by atoms with E-state index >= 15 is 0 Å². The highest BCUT2D eigenvalue weighted by molar-refractivity contribution is 6.23. The van der Waals surface area contributed by atoms with Crippen molar-refractivity contribution >= 4 is 41.5 Å². The Balaban J connectivity index is 0.906. The number of ether oxygens (including phenoxy) is 2. The lowest BCUT2D eigenvalue weighted by atomic mass is 9.95. The Morgan fingerprint density at radius 1 is 0.982 bits per heavy atom. The molecule has 0 spiro atoms. The van der Waals surface area contributed by atoms with E-state index in [0.717, 1.165) is 36.9 Å². The van der Waals surface area contributed by atoms with Crippen molar-refractivity contribution < 1.29 is 46.6 Å². The SMILES string of the molecule is CCCC(C(=O)NC=O)N1C(=O)c2ccc(OC3CCN(CCOc4ccc(NC(=O)C5CCN(c6ccc(C#N)c(C(F)(F)F)c6)CC5)nc4)CC3)cc2C1=O. The number of alkyl halides is 3. The molecule has 1 atom stereocenters. The number of rotatable bonds is 14. The number of pyridine rings is 1. The van der Waals surface area contributed by atoms with Gasteiger partial charge in [-0.3, -0.25) is 39.1 Å². The lowest BCUT2D eigenvalue weighted by molar-refractivity contribution is -0.137. The number of hydrogen-bond donors (Lipinski definition) is 2. The van der Waals surface area contributed by atoms with E-state index in [-0.39, 0.29) is 41.9 Å². The Morgan fingerprint density at radius 2 is 1.70 bits per heavy atom. The molecular formula is C40H42F3N7O7. The number of likely N-dealkylation sites (tertiary alicyclic amines) is 1. The number of nitrogens with one attached hydrogen (secondary N) is 2. The summed E-state index contributed by atoms with van der Waals surface area (Å²) in [6, 6.07) is 12.2. The van der Waals surface area contributed by atoms with Gasteiger partial charge in [0.2, 0.25) is 18.2 Å². The van der Waals surface area contributed by atoms with Crippen molar-refractivity contribution in [2.75, 3.05) is 49.5 Å². The van der Waals surface area contributed by atoms with Crippen LogP contribution in [0.25, 0.3) is 0 Å². The number of amides is 5. The third kappa shape index (κ3) is 9.51. The molecule has 5 amide bonds. The first kappa shape index (κ1) is 40.6. The van der Waals surface area contributed by atoms with E-state index in [1.54, 1.807) is 29.2 Å². The summed E-state index contributed by atoms with van der Waals surface area (Å²) in [5.74, 6) is -1.10. The molecule has 0 saturated carbocycles. The van der Waals surface area contributed by atoms with Gasteiger partial charge in [-0.2, -0.15) is 18.4 Å². The zero-order valence-electron chi connectivity index (χ0n) is 31.2. The predicted molar refractivity (Wildman–Crippen MR) is 199 cm³/mol. The van der Waals surface area contributed by atoms with Crippen molar-refractivity contribution in [2.24, 2.45) is 5.92 Å². The molecule has 6 rings (SSSR count). The molecule has 300 valence electrons. The van der Waals surface area contributed by atoms with Crippen LogP contribution in [-0.4, -0.2) is 96.3 Å². The van der Waals surface area contributed by atoms with Crippen molar-refractivity contribution in [3.05, 3.63) is 77.0 Å². The maximum atomic E-state index is 13.4. The number of imide groups is 2. The molecule has 3 aliphatic rings. The van der Waals surface area contributed by atoms with Crippen molar-refractivity contribution in [1.82, 2.24) is 20.1 Å². The monoisotopic (exact) mass is 789 g/mol. The molecule has 2 saturated heterocycles. The van der Waals surface area contributed by atoms with Gasteiger partial charge in [0.15, 0.2) is 0 Å².